The van der Waals surface area contributed by atoms with Crippen molar-refractivity contribution in [2.24, 2.45) is 11.8 Å². The van der Waals surface area contributed by atoms with Crippen LogP contribution < -0.4 is 4.90 Å². The fraction of sp³-hybridized carbons (Fsp3) is 0.615. The van der Waals surface area contributed by atoms with Gasteiger partial charge in [0.15, 0.2) is 0 Å². The molecule has 0 aromatic carbocycles. The van der Waals surface area contributed by atoms with Gasteiger partial charge in [-0.15, -0.1) is 11.6 Å². The molecule has 0 spiro atoms. The second-order valence-electron chi connectivity index (χ2n) is 4.99. The van der Waals surface area contributed by atoms with Gasteiger partial charge in [0.25, 0.3) is 0 Å². The number of rotatable bonds is 2. The van der Waals surface area contributed by atoms with Crippen molar-refractivity contribution in [3.05, 3.63) is 24.0 Å². The molecule has 0 amide bonds. The fourth-order valence-electron chi connectivity index (χ4n) is 2.67. The molecule has 1 fully saturated rings. The van der Waals surface area contributed by atoms with Gasteiger partial charge in [0.05, 0.1) is 11.9 Å². The molecule has 3 heteroatoms. The van der Waals surface area contributed by atoms with E-state index in [9.17, 15) is 0 Å². The summed E-state index contributed by atoms with van der Waals surface area (Å²) in [5, 5.41) is 0. The first-order valence-corrected chi connectivity index (χ1v) is 6.48. The topological polar surface area (TPSA) is 16.1 Å². The summed E-state index contributed by atoms with van der Waals surface area (Å²) in [6, 6.07) is 2.02. The Kier molecular flexibility index (Phi) is 3.70. The summed E-state index contributed by atoms with van der Waals surface area (Å²) >= 11 is 5.97. The van der Waals surface area contributed by atoms with Gasteiger partial charge in [-0.25, -0.2) is 0 Å². The van der Waals surface area contributed by atoms with Crippen molar-refractivity contribution < 1.29 is 0 Å². The third kappa shape index (κ3) is 2.49. The molecule has 1 aliphatic heterocycles. The number of nitrogens with zero attached hydrogens (tertiary/aromatic N) is 2. The first kappa shape index (κ1) is 11.7. The lowest BCUT2D eigenvalue weighted by Gasteiger charge is -2.37. The average molecular weight is 239 g/mol. The molecule has 2 heterocycles. The van der Waals surface area contributed by atoms with Crippen LogP contribution in [0.1, 0.15) is 25.8 Å². The van der Waals surface area contributed by atoms with Crippen molar-refractivity contribution >= 4 is 17.3 Å². The van der Waals surface area contributed by atoms with Crippen molar-refractivity contribution in [2.75, 3.05) is 18.0 Å². The number of anilines is 1. The van der Waals surface area contributed by atoms with Gasteiger partial charge in [0.1, 0.15) is 0 Å². The smallest absolute Gasteiger partial charge is 0.0597 e. The van der Waals surface area contributed by atoms with Gasteiger partial charge in [0.2, 0.25) is 0 Å². The quantitative estimate of drug-likeness (QED) is 0.735. The summed E-state index contributed by atoms with van der Waals surface area (Å²) in [5.41, 5.74) is 2.41. The van der Waals surface area contributed by atoms with Crippen LogP contribution in [-0.4, -0.2) is 18.1 Å². The highest BCUT2D eigenvalue weighted by atomic mass is 35.5. The number of alkyl halides is 1. The van der Waals surface area contributed by atoms with E-state index in [2.05, 4.69) is 23.7 Å². The molecule has 0 bridgehead atoms. The van der Waals surface area contributed by atoms with Gasteiger partial charge >= 0.3 is 0 Å². The normalized spacial score (nSPS) is 25.8. The lowest BCUT2D eigenvalue weighted by Crippen LogP contribution is -2.39. The Bertz CT molecular complexity index is 344. The molecule has 0 aliphatic carbocycles. The summed E-state index contributed by atoms with van der Waals surface area (Å²) in [5.74, 6) is 2.08. The molecule has 88 valence electrons. The van der Waals surface area contributed by atoms with Crippen LogP contribution in [0.25, 0.3) is 0 Å². The van der Waals surface area contributed by atoms with E-state index in [4.69, 9.17) is 11.6 Å². The van der Waals surface area contributed by atoms with Crippen LogP contribution in [0.4, 0.5) is 5.69 Å². The van der Waals surface area contributed by atoms with Crippen LogP contribution >= 0.6 is 11.6 Å². The predicted molar refractivity (Wildman–Crippen MR) is 69.0 cm³/mol. The highest BCUT2D eigenvalue weighted by Crippen LogP contribution is 2.28. The molecule has 2 atom stereocenters. The van der Waals surface area contributed by atoms with E-state index in [0.717, 1.165) is 24.9 Å². The molecule has 16 heavy (non-hydrogen) atoms. The Balaban J connectivity index is 2.22. The zero-order valence-electron chi connectivity index (χ0n) is 9.99. The summed E-state index contributed by atoms with van der Waals surface area (Å²) in [6.45, 7) is 6.89. The first-order chi connectivity index (χ1) is 7.70. The van der Waals surface area contributed by atoms with Crippen molar-refractivity contribution in [1.82, 2.24) is 4.98 Å². The number of halogens is 1. The van der Waals surface area contributed by atoms with Crippen molar-refractivity contribution in [3.63, 3.8) is 0 Å². The van der Waals surface area contributed by atoms with Crippen molar-refractivity contribution in [1.29, 1.82) is 0 Å². The monoisotopic (exact) mass is 238 g/mol. The Labute approximate surface area is 103 Å². The van der Waals surface area contributed by atoms with E-state index in [-0.39, 0.29) is 0 Å². The zero-order chi connectivity index (χ0) is 11.5. The Morgan fingerprint density at radius 1 is 1.38 bits per heavy atom. The van der Waals surface area contributed by atoms with Gasteiger partial charge in [-0.2, -0.15) is 0 Å². The molecule has 0 saturated carbocycles. The Morgan fingerprint density at radius 2 is 2.06 bits per heavy atom. The van der Waals surface area contributed by atoms with Gasteiger partial charge in [-0.05, 0) is 29.9 Å². The Morgan fingerprint density at radius 3 is 2.69 bits per heavy atom. The molecule has 2 rings (SSSR count). The number of piperidine rings is 1. The maximum atomic E-state index is 5.97. The highest BCUT2D eigenvalue weighted by molar-refractivity contribution is 6.17. The molecule has 1 aromatic heterocycles. The molecular weight excluding hydrogens is 220 g/mol. The summed E-state index contributed by atoms with van der Waals surface area (Å²) < 4.78 is 0. The van der Waals surface area contributed by atoms with Crippen molar-refractivity contribution in [2.45, 2.75) is 26.1 Å². The fourth-order valence-corrected chi connectivity index (χ4v) is 2.90. The second kappa shape index (κ2) is 5.05. The lowest BCUT2D eigenvalue weighted by molar-refractivity contribution is 0.356. The second-order valence-corrected chi connectivity index (χ2v) is 5.26. The van der Waals surface area contributed by atoms with Gasteiger partial charge in [0, 0.05) is 25.2 Å². The first-order valence-electron chi connectivity index (χ1n) is 5.94. The van der Waals surface area contributed by atoms with E-state index in [1.807, 2.05) is 18.5 Å². The largest absolute Gasteiger partial charge is 0.369 e. The standard InChI is InChI=1S/C13H19ClN2/c1-10-5-11(2)9-16(8-10)13-7-15-4-3-12(13)6-14/h3-4,7,10-11H,5-6,8-9H2,1-2H3. The SMILES string of the molecule is CC1CC(C)CN(c2cnccc2CCl)C1. The Hall–Kier alpha value is -0.760. The van der Waals surface area contributed by atoms with Crippen LogP contribution in [0.3, 0.4) is 0 Å². The van der Waals surface area contributed by atoms with Crippen LogP contribution in [0.15, 0.2) is 18.5 Å². The minimum absolute atomic E-state index is 0.567. The summed E-state index contributed by atoms with van der Waals surface area (Å²) in [4.78, 5) is 6.65. The minimum Gasteiger partial charge on any atom is -0.369 e. The van der Waals surface area contributed by atoms with E-state index in [1.165, 1.54) is 17.7 Å². The maximum Gasteiger partial charge on any atom is 0.0597 e. The minimum atomic E-state index is 0.567. The van der Waals surface area contributed by atoms with Crippen LogP contribution in [0.2, 0.25) is 0 Å². The molecule has 0 N–H and O–H groups in total. The van der Waals surface area contributed by atoms with E-state index >= 15 is 0 Å². The molecule has 1 aliphatic rings. The summed E-state index contributed by atoms with van der Waals surface area (Å²) in [7, 11) is 0. The summed E-state index contributed by atoms with van der Waals surface area (Å²) in [6.07, 6.45) is 5.09. The molecule has 2 nitrogen and oxygen atoms in total. The third-order valence-corrected chi connectivity index (χ3v) is 3.53. The molecule has 2 unspecified atom stereocenters. The van der Waals surface area contributed by atoms with E-state index < -0.39 is 0 Å². The predicted octanol–water partition coefficient (Wildman–Crippen LogP) is 3.30. The lowest BCUT2D eigenvalue weighted by atomic mass is 9.91. The van der Waals surface area contributed by atoms with Crippen molar-refractivity contribution in [3.8, 4) is 0 Å². The molecule has 1 aromatic rings. The molecule has 1 saturated heterocycles. The van der Waals surface area contributed by atoms with Gasteiger partial charge < -0.3 is 4.90 Å². The molecular formula is C13H19ClN2. The number of aromatic nitrogens is 1. The molecule has 0 radical (unpaired) electrons. The number of pyridine rings is 1. The zero-order valence-corrected chi connectivity index (χ0v) is 10.7. The van der Waals surface area contributed by atoms with Gasteiger partial charge in [-0.1, -0.05) is 13.8 Å². The average Bonchev–Trinajstić information content (AvgIpc) is 2.27. The van der Waals surface area contributed by atoms with Crippen LogP contribution in [-0.2, 0) is 5.88 Å². The third-order valence-electron chi connectivity index (χ3n) is 3.24. The maximum absolute atomic E-state index is 5.97. The van der Waals surface area contributed by atoms with Gasteiger partial charge in [-0.3, -0.25) is 4.98 Å². The van der Waals surface area contributed by atoms with E-state index in [0.29, 0.717) is 5.88 Å². The number of hydrogen-bond donors (Lipinski definition) is 0. The van der Waals surface area contributed by atoms with Crippen LogP contribution in [0, 0.1) is 11.8 Å². The highest BCUT2D eigenvalue weighted by Gasteiger charge is 2.23. The number of hydrogen-bond acceptors (Lipinski definition) is 2. The van der Waals surface area contributed by atoms with Crippen LogP contribution in [0.5, 0.6) is 0 Å². The van der Waals surface area contributed by atoms with E-state index in [1.54, 1.807) is 0 Å².